The van der Waals surface area contributed by atoms with E-state index in [0.717, 1.165) is 39.4 Å². The second kappa shape index (κ2) is 8.26. The Kier molecular flexibility index (Phi) is 6.35. The van der Waals surface area contributed by atoms with Crippen LogP contribution < -0.4 is 5.32 Å². The highest BCUT2D eigenvalue weighted by Crippen LogP contribution is 2.10. The Morgan fingerprint density at radius 3 is 2.76 bits per heavy atom. The van der Waals surface area contributed by atoms with Gasteiger partial charge < -0.3 is 15.0 Å². The molecule has 0 spiro atoms. The maximum Gasteiger partial charge on any atom is 0.169 e. The monoisotopic (exact) mass is 311 g/mol. The number of nitrogens with zero attached hydrogens (tertiary/aromatic N) is 2. The quantitative estimate of drug-likeness (QED) is 0.831. The van der Waals surface area contributed by atoms with Crippen LogP contribution in [-0.2, 0) is 11.3 Å². The summed E-state index contributed by atoms with van der Waals surface area (Å²) >= 11 is 5.34. The lowest BCUT2D eigenvalue weighted by molar-refractivity contribution is 0.0357. The molecule has 2 rings (SSSR count). The minimum Gasteiger partial charge on any atom is -0.379 e. The summed E-state index contributed by atoms with van der Waals surface area (Å²) in [6.45, 7) is 5.61. The van der Waals surface area contributed by atoms with Gasteiger partial charge in [-0.05, 0) is 18.3 Å². The SMILES string of the molecule is CNC(=S)N(CCN1CCOCC1)Cc1ccccc1F. The molecule has 0 aromatic heterocycles. The van der Waals surface area contributed by atoms with Crippen molar-refractivity contribution in [3.63, 3.8) is 0 Å². The van der Waals surface area contributed by atoms with Crippen molar-refractivity contribution in [1.82, 2.24) is 15.1 Å². The number of ether oxygens (including phenoxy) is 1. The summed E-state index contributed by atoms with van der Waals surface area (Å²) in [5.41, 5.74) is 0.664. The van der Waals surface area contributed by atoms with Crippen LogP contribution in [0.5, 0.6) is 0 Å². The molecule has 1 saturated heterocycles. The Hall–Kier alpha value is -1.24. The maximum atomic E-state index is 13.8. The zero-order valence-electron chi connectivity index (χ0n) is 12.3. The minimum atomic E-state index is -0.187. The molecule has 21 heavy (non-hydrogen) atoms. The number of halogens is 1. The summed E-state index contributed by atoms with van der Waals surface area (Å²) in [6.07, 6.45) is 0. The van der Waals surface area contributed by atoms with E-state index in [9.17, 15) is 4.39 Å². The zero-order valence-corrected chi connectivity index (χ0v) is 13.2. The van der Waals surface area contributed by atoms with Gasteiger partial charge in [-0.25, -0.2) is 4.39 Å². The van der Waals surface area contributed by atoms with Gasteiger partial charge in [-0.2, -0.15) is 0 Å². The first kappa shape index (κ1) is 16.1. The van der Waals surface area contributed by atoms with Crippen LogP contribution in [0.25, 0.3) is 0 Å². The van der Waals surface area contributed by atoms with Crippen molar-refractivity contribution in [2.45, 2.75) is 6.54 Å². The fourth-order valence-corrected chi connectivity index (χ4v) is 2.49. The Morgan fingerprint density at radius 2 is 2.10 bits per heavy atom. The number of nitrogens with one attached hydrogen (secondary N) is 1. The van der Waals surface area contributed by atoms with Crippen LogP contribution >= 0.6 is 12.2 Å². The molecule has 1 N–H and O–H groups in total. The van der Waals surface area contributed by atoms with Crippen molar-refractivity contribution < 1.29 is 9.13 Å². The predicted molar refractivity (Wildman–Crippen MR) is 85.7 cm³/mol. The van der Waals surface area contributed by atoms with E-state index >= 15 is 0 Å². The molecule has 6 heteroatoms. The van der Waals surface area contributed by atoms with E-state index in [4.69, 9.17) is 17.0 Å². The lowest BCUT2D eigenvalue weighted by Gasteiger charge is -2.31. The third-order valence-electron chi connectivity index (χ3n) is 3.61. The molecule has 116 valence electrons. The van der Waals surface area contributed by atoms with Crippen molar-refractivity contribution >= 4 is 17.3 Å². The van der Waals surface area contributed by atoms with E-state index in [2.05, 4.69) is 10.2 Å². The van der Waals surface area contributed by atoms with Gasteiger partial charge in [-0.15, -0.1) is 0 Å². The first-order chi connectivity index (χ1) is 10.2. The third kappa shape index (κ3) is 4.91. The molecular formula is C15H22FN3OS. The second-order valence-electron chi connectivity index (χ2n) is 5.02. The molecular weight excluding hydrogens is 289 g/mol. The number of rotatable bonds is 5. The van der Waals surface area contributed by atoms with Crippen LogP contribution in [-0.4, -0.2) is 61.4 Å². The number of hydrogen-bond acceptors (Lipinski definition) is 3. The van der Waals surface area contributed by atoms with E-state index < -0.39 is 0 Å². The second-order valence-corrected chi connectivity index (χ2v) is 5.41. The standard InChI is InChI=1S/C15H22FN3OS/c1-17-15(21)19(7-6-18-8-10-20-11-9-18)12-13-4-2-3-5-14(13)16/h2-5H,6-12H2,1H3,(H,17,21). The molecule has 1 aliphatic rings. The fourth-order valence-electron chi connectivity index (χ4n) is 2.33. The molecule has 0 amide bonds. The molecule has 0 radical (unpaired) electrons. The summed E-state index contributed by atoms with van der Waals surface area (Å²) in [5, 5.41) is 3.63. The van der Waals surface area contributed by atoms with Gasteiger partial charge in [0, 0.05) is 45.3 Å². The molecule has 1 fully saturated rings. The van der Waals surface area contributed by atoms with Gasteiger partial charge >= 0.3 is 0 Å². The molecule has 1 aromatic rings. The average molecular weight is 311 g/mol. The Morgan fingerprint density at radius 1 is 1.38 bits per heavy atom. The smallest absolute Gasteiger partial charge is 0.169 e. The number of thiocarbonyl (C=S) groups is 1. The lowest BCUT2D eigenvalue weighted by atomic mass is 10.2. The number of morpholine rings is 1. The van der Waals surface area contributed by atoms with E-state index in [1.54, 1.807) is 19.2 Å². The Balaban J connectivity index is 1.94. The van der Waals surface area contributed by atoms with Crippen LogP contribution in [0.4, 0.5) is 4.39 Å². The molecule has 0 saturated carbocycles. The molecule has 1 aromatic carbocycles. The van der Waals surface area contributed by atoms with E-state index in [1.807, 2.05) is 11.0 Å². The number of benzene rings is 1. The summed E-state index contributed by atoms with van der Waals surface area (Å²) in [6, 6.07) is 6.83. The highest BCUT2D eigenvalue weighted by molar-refractivity contribution is 7.80. The summed E-state index contributed by atoms with van der Waals surface area (Å²) in [7, 11) is 1.80. The van der Waals surface area contributed by atoms with Gasteiger partial charge in [0.1, 0.15) is 5.82 Å². The summed E-state index contributed by atoms with van der Waals surface area (Å²) < 4.78 is 19.1. The zero-order chi connectivity index (χ0) is 15.1. The third-order valence-corrected chi connectivity index (χ3v) is 4.07. The van der Waals surface area contributed by atoms with Crippen LogP contribution in [0.3, 0.4) is 0 Å². The fraction of sp³-hybridized carbons (Fsp3) is 0.533. The first-order valence-corrected chi connectivity index (χ1v) is 7.61. The van der Waals surface area contributed by atoms with Crippen molar-refractivity contribution in [1.29, 1.82) is 0 Å². The van der Waals surface area contributed by atoms with Crippen LogP contribution in [0.15, 0.2) is 24.3 Å². The molecule has 1 heterocycles. The number of hydrogen-bond donors (Lipinski definition) is 1. The van der Waals surface area contributed by atoms with Crippen LogP contribution in [0.2, 0.25) is 0 Å². The molecule has 0 atom stereocenters. The first-order valence-electron chi connectivity index (χ1n) is 7.21. The van der Waals surface area contributed by atoms with Crippen molar-refractivity contribution in [2.75, 3.05) is 46.4 Å². The summed E-state index contributed by atoms with van der Waals surface area (Å²) in [5.74, 6) is -0.187. The molecule has 0 aliphatic carbocycles. The van der Waals surface area contributed by atoms with Crippen molar-refractivity contribution in [3.8, 4) is 0 Å². The van der Waals surface area contributed by atoms with Crippen molar-refractivity contribution in [3.05, 3.63) is 35.6 Å². The topological polar surface area (TPSA) is 27.7 Å². The molecule has 4 nitrogen and oxygen atoms in total. The molecule has 0 bridgehead atoms. The predicted octanol–water partition coefficient (Wildman–Crippen LogP) is 1.46. The van der Waals surface area contributed by atoms with Gasteiger partial charge in [0.15, 0.2) is 5.11 Å². The largest absolute Gasteiger partial charge is 0.379 e. The van der Waals surface area contributed by atoms with E-state index in [0.29, 0.717) is 17.2 Å². The summed E-state index contributed by atoms with van der Waals surface area (Å²) in [4.78, 5) is 4.35. The highest BCUT2D eigenvalue weighted by atomic mass is 32.1. The average Bonchev–Trinajstić information content (AvgIpc) is 2.53. The lowest BCUT2D eigenvalue weighted by Crippen LogP contribution is -2.45. The van der Waals surface area contributed by atoms with Gasteiger partial charge in [0.25, 0.3) is 0 Å². The minimum absolute atomic E-state index is 0.187. The van der Waals surface area contributed by atoms with Crippen LogP contribution in [0, 0.1) is 5.82 Å². The van der Waals surface area contributed by atoms with Gasteiger partial charge in [0.05, 0.1) is 13.2 Å². The Bertz CT molecular complexity index is 466. The molecule has 1 aliphatic heterocycles. The normalized spacial score (nSPS) is 15.7. The van der Waals surface area contributed by atoms with Crippen LogP contribution in [0.1, 0.15) is 5.56 Å². The van der Waals surface area contributed by atoms with E-state index in [-0.39, 0.29) is 5.82 Å². The molecule has 0 unspecified atom stereocenters. The van der Waals surface area contributed by atoms with E-state index in [1.165, 1.54) is 6.07 Å². The van der Waals surface area contributed by atoms with Gasteiger partial charge in [0.2, 0.25) is 0 Å². The maximum absolute atomic E-state index is 13.8. The highest BCUT2D eigenvalue weighted by Gasteiger charge is 2.15. The van der Waals surface area contributed by atoms with Gasteiger partial charge in [-0.3, -0.25) is 4.90 Å². The Labute approximate surface area is 130 Å². The van der Waals surface area contributed by atoms with Gasteiger partial charge in [-0.1, -0.05) is 18.2 Å². The van der Waals surface area contributed by atoms with Crippen molar-refractivity contribution in [2.24, 2.45) is 0 Å².